The van der Waals surface area contributed by atoms with Crippen LogP contribution in [-0.2, 0) is 12.0 Å². The van der Waals surface area contributed by atoms with Gasteiger partial charge in [-0.3, -0.25) is 14.2 Å². The first-order valence-corrected chi connectivity index (χ1v) is 9.59. The second kappa shape index (κ2) is 7.23. The summed E-state index contributed by atoms with van der Waals surface area (Å²) in [5.74, 6) is -0.548. The molecule has 0 bridgehead atoms. The molecule has 0 spiro atoms. The third kappa shape index (κ3) is 3.64. The number of amides is 1. The number of fused-ring (bicyclic) bond motifs is 1. The Hall–Kier alpha value is -2.54. The lowest BCUT2D eigenvalue weighted by atomic mass is 9.84. The van der Waals surface area contributed by atoms with Crippen molar-refractivity contribution in [3.8, 4) is 0 Å². The quantitative estimate of drug-likeness (QED) is 0.727. The first kappa shape index (κ1) is 19.2. The standard InChI is InChI=1S/C20H22FN3O2S/c1-5-24-11-23-18-15(19(24)26)12(2)16(27-18)17(25)22-10-20(3,4)13-7-6-8-14(21)9-13/h6-9,11H,5,10H2,1-4H3,(H,22,25). The first-order valence-electron chi connectivity index (χ1n) is 8.77. The molecule has 1 amide bonds. The van der Waals surface area contributed by atoms with E-state index in [1.807, 2.05) is 26.8 Å². The molecule has 1 aromatic carbocycles. The molecule has 1 N–H and O–H groups in total. The van der Waals surface area contributed by atoms with Gasteiger partial charge in [-0.2, -0.15) is 0 Å². The molecular weight excluding hydrogens is 365 g/mol. The molecule has 0 saturated heterocycles. The molecule has 2 heterocycles. The zero-order valence-corrected chi connectivity index (χ0v) is 16.6. The highest BCUT2D eigenvalue weighted by Crippen LogP contribution is 2.27. The summed E-state index contributed by atoms with van der Waals surface area (Å²) < 4.78 is 15.0. The summed E-state index contributed by atoms with van der Waals surface area (Å²) in [5, 5.41) is 3.42. The van der Waals surface area contributed by atoms with Crippen LogP contribution >= 0.6 is 11.3 Å². The number of rotatable bonds is 5. The van der Waals surface area contributed by atoms with Gasteiger partial charge in [-0.1, -0.05) is 26.0 Å². The van der Waals surface area contributed by atoms with Gasteiger partial charge in [-0.05, 0) is 37.1 Å². The second-order valence-corrected chi connectivity index (χ2v) is 8.15. The molecule has 142 valence electrons. The number of aryl methyl sites for hydroxylation is 2. The largest absolute Gasteiger partial charge is 0.350 e. The number of carbonyl (C=O) groups excluding carboxylic acids is 1. The number of hydrogen-bond donors (Lipinski definition) is 1. The number of thiophene rings is 1. The van der Waals surface area contributed by atoms with Crippen LogP contribution in [0.25, 0.3) is 10.2 Å². The number of benzene rings is 1. The van der Waals surface area contributed by atoms with Gasteiger partial charge in [-0.25, -0.2) is 9.37 Å². The molecule has 5 nitrogen and oxygen atoms in total. The Morgan fingerprint density at radius 2 is 2.11 bits per heavy atom. The van der Waals surface area contributed by atoms with Crippen molar-refractivity contribution in [3.05, 3.63) is 62.8 Å². The number of hydrogen-bond acceptors (Lipinski definition) is 4. The minimum atomic E-state index is -0.435. The van der Waals surface area contributed by atoms with Crippen LogP contribution in [0.2, 0.25) is 0 Å². The zero-order chi connectivity index (χ0) is 19.8. The molecule has 27 heavy (non-hydrogen) atoms. The number of halogens is 1. The van der Waals surface area contributed by atoms with Crippen LogP contribution in [0.5, 0.6) is 0 Å². The van der Waals surface area contributed by atoms with Crippen molar-refractivity contribution in [2.45, 2.75) is 39.7 Å². The SMILES string of the molecule is CCn1cnc2sc(C(=O)NCC(C)(C)c3cccc(F)c3)c(C)c2c1=O. The van der Waals surface area contributed by atoms with Crippen molar-refractivity contribution < 1.29 is 9.18 Å². The van der Waals surface area contributed by atoms with Crippen LogP contribution < -0.4 is 10.9 Å². The Balaban J connectivity index is 1.85. The minimum Gasteiger partial charge on any atom is -0.350 e. The number of nitrogens with one attached hydrogen (secondary N) is 1. The summed E-state index contributed by atoms with van der Waals surface area (Å²) in [7, 11) is 0. The molecular formula is C20H22FN3O2S. The van der Waals surface area contributed by atoms with Gasteiger partial charge in [0.15, 0.2) is 0 Å². The van der Waals surface area contributed by atoms with Crippen molar-refractivity contribution in [3.63, 3.8) is 0 Å². The Morgan fingerprint density at radius 1 is 1.37 bits per heavy atom. The van der Waals surface area contributed by atoms with E-state index in [-0.39, 0.29) is 17.3 Å². The Morgan fingerprint density at radius 3 is 2.78 bits per heavy atom. The lowest BCUT2D eigenvalue weighted by molar-refractivity contribution is 0.0949. The van der Waals surface area contributed by atoms with Crippen LogP contribution in [0.4, 0.5) is 4.39 Å². The van der Waals surface area contributed by atoms with Gasteiger partial charge in [0.1, 0.15) is 10.6 Å². The van der Waals surface area contributed by atoms with E-state index in [2.05, 4.69) is 10.3 Å². The van der Waals surface area contributed by atoms with Crippen LogP contribution in [0.3, 0.4) is 0 Å². The maximum absolute atomic E-state index is 13.5. The van der Waals surface area contributed by atoms with Crippen molar-refractivity contribution in [2.24, 2.45) is 0 Å². The Bertz CT molecular complexity index is 1070. The summed E-state index contributed by atoms with van der Waals surface area (Å²) in [4.78, 5) is 30.6. The van der Waals surface area contributed by atoms with Gasteiger partial charge < -0.3 is 5.32 Å². The lowest BCUT2D eigenvalue weighted by Crippen LogP contribution is -2.36. The van der Waals surface area contributed by atoms with Gasteiger partial charge in [0, 0.05) is 18.5 Å². The van der Waals surface area contributed by atoms with Gasteiger partial charge in [0.2, 0.25) is 0 Å². The van der Waals surface area contributed by atoms with Crippen molar-refractivity contribution in [2.75, 3.05) is 6.54 Å². The molecule has 0 aliphatic heterocycles. The fraction of sp³-hybridized carbons (Fsp3) is 0.350. The maximum Gasteiger partial charge on any atom is 0.262 e. The second-order valence-electron chi connectivity index (χ2n) is 7.15. The molecule has 0 fully saturated rings. The molecule has 2 aromatic heterocycles. The topological polar surface area (TPSA) is 64.0 Å². The van der Waals surface area contributed by atoms with E-state index in [4.69, 9.17) is 0 Å². The average molecular weight is 387 g/mol. The van der Waals surface area contributed by atoms with Crippen molar-refractivity contribution in [1.82, 2.24) is 14.9 Å². The third-order valence-corrected chi connectivity index (χ3v) is 5.96. The van der Waals surface area contributed by atoms with Gasteiger partial charge in [0.25, 0.3) is 11.5 Å². The fourth-order valence-corrected chi connectivity index (χ4v) is 4.05. The Labute approximate surface area is 160 Å². The van der Waals surface area contributed by atoms with E-state index >= 15 is 0 Å². The monoisotopic (exact) mass is 387 g/mol. The summed E-state index contributed by atoms with van der Waals surface area (Å²) in [6.07, 6.45) is 1.51. The predicted octanol–water partition coefficient (Wildman–Crippen LogP) is 3.63. The molecule has 0 saturated carbocycles. The smallest absolute Gasteiger partial charge is 0.262 e. The molecule has 0 aliphatic rings. The van der Waals surface area contributed by atoms with Crippen LogP contribution in [-0.4, -0.2) is 22.0 Å². The van der Waals surface area contributed by atoms with Crippen LogP contribution in [0.1, 0.15) is 41.6 Å². The highest BCUT2D eigenvalue weighted by Gasteiger charge is 2.24. The number of nitrogens with zero attached hydrogens (tertiary/aromatic N) is 2. The van der Waals surface area contributed by atoms with Crippen LogP contribution in [0, 0.1) is 12.7 Å². The van der Waals surface area contributed by atoms with E-state index in [1.165, 1.54) is 34.4 Å². The molecule has 0 unspecified atom stereocenters. The third-order valence-electron chi connectivity index (χ3n) is 4.76. The van der Waals surface area contributed by atoms with E-state index in [1.54, 1.807) is 13.0 Å². The number of carbonyl (C=O) groups is 1. The first-order chi connectivity index (χ1) is 12.7. The zero-order valence-electron chi connectivity index (χ0n) is 15.8. The van der Waals surface area contributed by atoms with E-state index < -0.39 is 5.41 Å². The fourth-order valence-electron chi connectivity index (χ4n) is 2.99. The van der Waals surface area contributed by atoms with E-state index in [9.17, 15) is 14.0 Å². The van der Waals surface area contributed by atoms with Crippen molar-refractivity contribution >= 4 is 27.5 Å². The summed E-state index contributed by atoms with van der Waals surface area (Å²) in [6.45, 7) is 8.41. The summed E-state index contributed by atoms with van der Waals surface area (Å²) >= 11 is 1.22. The molecule has 3 rings (SSSR count). The Kier molecular flexibility index (Phi) is 5.15. The molecule has 3 aromatic rings. The maximum atomic E-state index is 13.5. The van der Waals surface area contributed by atoms with E-state index in [0.717, 1.165) is 5.56 Å². The summed E-state index contributed by atoms with van der Waals surface area (Å²) in [5.41, 5.74) is 0.894. The molecule has 0 atom stereocenters. The van der Waals surface area contributed by atoms with Crippen molar-refractivity contribution in [1.29, 1.82) is 0 Å². The van der Waals surface area contributed by atoms with E-state index in [0.29, 0.717) is 33.7 Å². The average Bonchev–Trinajstić information content (AvgIpc) is 2.98. The molecule has 0 aliphatic carbocycles. The van der Waals surface area contributed by atoms with Gasteiger partial charge in [0.05, 0.1) is 16.6 Å². The molecule has 0 radical (unpaired) electrons. The van der Waals surface area contributed by atoms with Gasteiger partial charge in [-0.15, -0.1) is 11.3 Å². The highest BCUT2D eigenvalue weighted by molar-refractivity contribution is 7.20. The molecule has 7 heteroatoms. The van der Waals surface area contributed by atoms with Crippen LogP contribution in [0.15, 0.2) is 35.4 Å². The normalized spacial score (nSPS) is 11.7. The highest BCUT2D eigenvalue weighted by atomic mass is 32.1. The minimum absolute atomic E-state index is 0.129. The predicted molar refractivity (Wildman–Crippen MR) is 106 cm³/mol. The summed E-state index contributed by atoms with van der Waals surface area (Å²) in [6, 6.07) is 6.38. The lowest BCUT2D eigenvalue weighted by Gasteiger charge is -2.25. The number of aromatic nitrogens is 2. The van der Waals surface area contributed by atoms with Gasteiger partial charge >= 0.3 is 0 Å².